The van der Waals surface area contributed by atoms with Crippen LogP contribution in [0.25, 0.3) is 0 Å². The highest BCUT2D eigenvalue weighted by Gasteiger charge is 2.11. The van der Waals surface area contributed by atoms with Gasteiger partial charge in [-0.15, -0.1) is 0 Å². The Morgan fingerprint density at radius 3 is 2.92 bits per heavy atom. The molecule has 0 fully saturated rings. The third kappa shape index (κ3) is 1.94. The number of nitrogens with zero attached hydrogens (tertiary/aromatic N) is 1. The Labute approximate surface area is 74.3 Å². The van der Waals surface area contributed by atoms with Gasteiger partial charge in [-0.25, -0.2) is 4.57 Å². The Morgan fingerprint density at radius 2 is 2.50 bits per heavy atom. The minimum Gasteiger partial charge on any atom is -0.481 e. The summed E-state index contributed by atoms with van der Waals surface area (Å²) >= 11 is 1.43. The van der Waals surface area contributed by atoms with E-state index in [4.69, 9.17) is 10.8 Å². The third-order valence-electron chi connectivity index (χ3n) is 1.59. The molecule has 0 aliphatic carbocycles. The van der Waals surface area contributed by atoms with Crippen molar-refractivity contribution < 1.29 is 14.5 Å². The molecule has 3 N–H and O–H groups in total. The predicted molar refractivity (Wildman–Crippen MR) is 45.9 cm³/mol. The molecule has 1 aromatic heterocycles. The SMILES string of the molecule is Cc1csc(N)[n+]1CCC(=O)O. The fourth-order valence-electron chi connectivity index (χ4n) is 0.941. The molecule has 66 valence electrons. The number of carbonyl (C=O) groups is 1. The first-order valence-electron chi connectivity index (χ1n) is 3.56. The number of thiazole rings is 1. The van der Waals surface area contributed by atoms with E-state index in [2.05, 4.69) is 0 Å². The van der Waals surface area contributed by atoms with E-state index >= 15 is 0 Å². The maximum Gasteiger partial charge on any atom is 0.331 e. The fourth-order valence-corrected chi connectivity index (χ4v) is 1.72. The molecule has 0 spiro atoms. The number of aryl methyl sites for hydroxylation is 1. The molecule has 0 amide bonds. The number of nitrogens with two attached hydrogens (primary N) is 1. The van der Waals surface area contributed by atoms with Crippen molar-refractivity contribution in [3.8, 4) is 0 Å². The topological polar surface area (TPSA) is 67.2 Å². The molecule has 0 bridgehead atoms. The van der Waals surface area contributed by atoms with Gasteiger partial charge in [-0.2, -0.15) is 0 Å². The van der Waals surface area contributed by atoms with Crippen LogP contribution in [0.1, 0.15) is 12.1 Å². The van der Waals surface area contributed by atoms with Crippen molar-refractivity contribution in [1.82, 2.24) is 0 Å². The van der Waals surface area contributed by atoms with Crippen LogP contribution in [0, 0.1) is 6.92 Å². The zero-order valence-corrected chi connectivity index (χ0v) is 7.60. The molecule has 0 aromatic carbocycles. The van der Waals surface area contributed by atoms with Gasteiger partial charge < -0.3 is 5.11 Å². The van der Waals surface area contributed by atoms with Gasteiger partial charge in [0.15, 0.2) is 0 Å². The van der Waals surface area contributed by atoms with Crippen LogP contribution in [-0.4, -0.2) is 11.1 Å². The van der Waals surface area contributed by atoms with Gasteiger partial charge in [0.05, 0.1) is 6.42 Å². The number of aromatic nitrogens is 1. The second kappa shape index (κ2) is 3.53. The summed E-state index contributed by atoms with van der Waals surface area (Å²) in [6, 6.07) is 0. The number of hydrogen-bond acceptors (Lipinski definition) is 3. The normalized spacial score (nSPS) is 10.1. The van der Waals surface area contributed by atoms with Gasteiger partial charge in [-0.1, -0.05) is 11.3 Å². The van der Waals surface area contributed by atoms with Gasteiger partial charge in [0.2, 0.25) is 0 Å². The largest absolute Gasteiger partial charge is 0.481 e. The maximum atomic E-state index is 10.3. The minimum absolute atomic E-state index is 0.117. The summed E-state index contributed by atoms with van der Waals surface area (Å²) in [5.74, 6) is -0.799. The van der Waals surface area contributed by atoms with Gasteiger partial charge in [0.1, 0.15) is 12.2 Å². The minimum atomic E-state index is -0.799. The molecule has 0 atom stereocenters. The summed E-state index contributed by atoms with van der Waals surface area (Å²) < 4.78 is 1.80. The summed E-state index contributed by atoms with van der Waals surface area (Å²) in [5.41, 5.74) is 6.63. The monoisotopic (exact) mass is 187 g/mol. The van der Waals surface area contributed by atoms with Crippen molar-refractivity contribution in [2.24, 2.45) is 0 Å². The Bertz CT molecular complexity index is 276. The standard InChI is InChI=1S/C7H10N2O2S/c1-5-4-12-7(8)9(5)3-2-6(10)11/h4,8H,2-3H2,1H3,(H,10,11)/p+1. The molecule has 0 aliphatic rings. The van der Waals surface area contributed by atoms with Gasteiger partial charge >= 0.3 is 11.1 Å². The highest BCUT2D eigenvalue weighted by molar-refractivity contribution is 7.13. The second-order valence-corrected chi connectivity index (χ2v) is 3.40. The highest BCUT2D eigenvalue weighted by atomic mass is 32.1. The average molecular weight is 187 g/mol. The van der Waals surface area contributed by atoms with Gasteiger partial charge in [0.25, 0.3) is 0 Å². The molecular formula is C7H11N2O2S+. The van der Waals surface area contributed by atoms with Crippen molar-refractivity contribution in [3.63, 3.8) is 0 Å². The first kappa shape index (κ1) is 8.99. The van der Waals surface area contributed by atoms with Gasteiger partial charge in [-0.05, 0) is 6.92 Å². The molecule has 0 saturated carbocycles. The number of aliphatic carboxylic acids is 1. The number of carboxylic acid groups (broad SMARTS) is 1. The van der Waals surface area contributed by atoms with Crippen molar-refractivity contribution in [2.75, 3.05) is 5.73 Å². The van der Waals surface area contributed by atoms with Crippen molar-refractivity contribution in [3.05, 3.63) is 11.1 Å². The lowest BCUT2D eigenvalue weighted by atomic mass is 10.4. The average Bonchev–Trinajstić information content (AvgIpc) is 2.28. The summed E-state index contributed by atoms with van der Waals surface area (Å²) in [5, 5.41) is 11.0. The van der Waals surface area contributed by atoms with E-state index in [1.54, 1.807) is 4.57 Å². The van der Waals surface area contributed by atoms with E-state index in [0.717, 1.165) is 5.69 Å². The van der Waals surface area contributed by atoms with Crippen LogP contribution in [0.5, 0.6) is 0 Å². The Morgan fingerprint density at radius 1 is 1.83 bits per heavy atom. The molecule has 5 heteroatoms. The van der Waals surface area contributed by atoms with Crippen LogP contribution in [0.4, 0.5) is 5.13 Å². The van der Waals surface area contributed by atoms with Gasteiger partial charge in [0, 0.05) is 5.38 Å². The molecular weight excluding hydrogens is 176 g/mol. The van der Waals surface area contributed by atoms with E-state index in [-0.39, 0.29) is 6.42 Å². The quantitative estimate of drug-likeness (QED) is 0.673. The molecule has 0 saturated heterocycles. The number of nitrogen functional groups attached to an aromatic ring is 1. The van der Waals surface area contributed by atoms with Crippen LogP contribution in [0.15, 0.2) is 5.38 Å². The summed E-state index contributed by atoms with van der Waals surface area (Å²) in [6.07, 6.45) is 0.117. The summed E-state index contributed by atoms with van der Waals surface area (Å²) in [7, 11) is 0. The van der Waals surface area contributed by atoms with Crippen LogP contribution in [0.2, 0.25) is 0 Å². The van der Waals surface area contributed by atoms with Gasteiger partial charge in [-0.3, -0.25) is 10.5 Å². The van der Waals surface area contributed by atoms with Crippen molar-refractivity contribution >= 4 is 22.4 Å². The van der Waals surface area contributed by atoms with E-state index in [1.165, 1.54) is 11.3 Å². The maximum absolute atomic E-state index is 10.3. The lowest BCUT2D eigenvalue weighted by Gasteiger charge is -1.96. The molecule has 1 heterocycles. The smallest absolute Gasteiger partial charge is 0.331 e. The summed E-state index contributed by atoms with van der Waals surface area (Å²) in [4.78, 5) is 10.3. The highest BCUT2D eigenvalue weighted by Crippen LogP contribution is 2.07. The van der Waals surface area contributed by atoms with E-state index in [0.29, 0.717) is 11.7 Å². The Hall–Kier alpha value is -1.10. The molecule has 0 unspecified atom stereocenters. The number of rotatable bonds is 3. The fraction of sp³-hybridized carbons (Fsp3) is 0.429. The van der Waals surface area contributed by atoms with Crippen LogP contribution in [0.3, 0.4) is 0 Å². The lowest BCUT2D eigenvalue weighted by Crippen LogP contribution is -2.38. The Kier molecular flexibility index (Phi) is 2.65. The summed E-state index contributed by atoms with van der Waals surface area (Å²) in [6.45, 7) is 2.37. The molecule has 1 rings (SSSR count). The Balaban J connectivity index is 2.68. The van der Waals surface area contributed by atoms with E-state index < -0.39 is 5.97 Å². The van der Waals surface area contributed by atoms with Crippen LogP contribution >= 0.6 is 11.3 Å². The van der Waals surface area contributed by atoms with E-state index in [9.17, 15) is 4.79 Å². The third-order valence-corrected chi connectivity index (χ3v) is 2.51. The lowest BCUT2D eigenvalue weighted by molar-refractivity contribution is -0.683. The first-order chi connectivity index (χ1) is 5.61. The van der Waals surface area contributed by atoms with Crippen molar-refractivity contribution in [2.45, 2.75) is 19.9 Å². The number of carboxylic acids is 1. The van der Waals surface area contributed by atoms with Crippen LogP contribution in [-0.2, 0) is 11.3 Å². The molecule has 4 nitrogen and oxygen atoms in total. The molecule has 0 radical (unpaired) electrons. The number of hydrogen-bond donors (Lipinski definition) is 2. The molecule has 0 aliphatic heterocycles. The molecule has 1 aromatic rings. The van der Waals surface area contributed by atoms with Crippen molar-refractivity contribution in [1.29, 1.82) is 0 Å². The first-order valence-corrected chi connectivity index (χ1v) is 4.44. The second-order valence-electron chi connectivity index (χ2n) is 2.51. The zero-order valence-electron chi connectivity index (χ0n) is 6.78. The molecule has 12 heavy (non-hydrogen) atoms. The number of anilines is 1. The van der Waals surface area contributed by atoms with E-state index in [1.807, 2.05) is 12.3 Å². The van der Waals surface area contributed by atoms with Crippen LogP contribution < -0.4 is 10.3 Å². The zero-order chi connectivity index (χ0) is 9.14. The predicted octanol–water partition coefficient (Wildman–Crippen LogP) is 0.401.